The van der Waals surface area contributed by atoms with E-state index in [0.717, 1.165) is 18.8 Å². The lowest BCUT2D eigenvalue weighted by atomic mass is 10.1. The first-order chi connectivity index (χ1) is 7.19. The average molecular weight is 208 g/mol. The summed E-state index contributed by atoms with van der Waals surface area (Å²) in [7, 11) is 0. The molecular formula is C12H16O3. The van der Waals surface area contributed by atoms with Crippen LogP contribution in [0.4, 0.5) is 0 Å². The molecular weight excluding hydrogens is 192 g/mol. The highest BCUT2D eigenvalue weighted by Crippen LogP contribution is 2.20. The second-order valence-electron chi connectivity index (χ2n) is 2.98. The van der Waals surface area contributed by atoms with Crippen LogP contribution >= 0.6 is 0 Å². The molecule has 0 amide bonds. The lowest BCUT2D eigenvalue weighted by molar-refractivity contribution is -0.191. The van der Waals surface area contributed by atoms with E-state index in [4.69, 9.17) is 14.3 Å². The predicted octanol–water partition coefficient (Wildman–Crippen LogP) is 2.37. The van der Waals surface area contributed by atoms with Crippen molar-refractivity contribution in [3.63, 3.8) is 0 Å². The average Bonchev–Trinajstić information content (AvgIpc) is 2.20. The van der Waals surface area contributed by atoms with Gasteiger partial charge >= 0.3 is 6.15 Å². The van der Waals surface area contributed by atoms with Crippen molar-refractivity contribution in [2.75, 3.05) is 6.61 Å². The molecule has 0 aromatic heterocycles. The lowest BCUT2D eigenvalue weighted by Gasteiger charge is -2.08. The van der Waals surface area contributed by atoms with E-state index in [1.54, 1.807) is 0 Å². The highest BCUT2D eigenvalue weighted by Gasteiger charge is 2.00. The van der Waals surface area contributed by atoms with Gasteiger partial charge in [-0.1, -0.05) is 19.1 Å². The molecule has 0 radical (unpaired) electrons. The Morgan fingerprint density at radius 1 is 1.27 bits per heavy atom. The minimum atomic E-state index is 0.250. The molecule has 1 aromatic carbocycles. The summed E-state index contributed by atoms with van der Waals surface area (Å²) in [6.45, 7) is 6.99. The van der Waals surface area contributed by atoms with Gasteiger partial charge in [0.25, 0.3) is 0 Å². The topological polar surface area (TPSA) is 43.4 Å². The predicted molar refractivity (Wildman–Crippen MR) is 56.7 cm³/mol. The first-order valence-electron chi connectivity index (χ1n) is 4.91. The summed E-state index contributed by atoms with van der Waals surface area (Å²) in [6, 6.07) is 6.37. The van der Waals surface area contributed by atoms with E-state index in [-0.39, 0.29) is 6.15 Å². The Kier molecular flexibility index (Phi) is 6.94. The highest BCUT2D eigenvalue weighted by molar-refractivity contribution is 5.37. The number of benzene rings is 1. The molecule has 0 heterocycles. The molecule has 0 fully saturated rings. The van der Waals surface area contributed by atoms with E-state index >= 15 is 0 Å². The van der Waals surface area contributed by atoms with Crippen LogP contribution in [0.1, 0.15) is 25.0 Å². The van der Waals surface area contributed by atoms with E-state index in [0.29, 0.717) is 0 Å². The molecule has 0 atom stereocenters. The first kappa shape index (κ1) is 13.4. The smallest absolute Gasteiger partial charge is 0.373 e. The van der Waals surface area contributed by atoms with Gasteiger partial charge in [0.2, 0.25) is 0 Å². The molecule has 0 aliphatic rings. The van der Waals surface area contributed by atoms with E-state index < -0.39 is 0 Å². The third-order valence-electron chi connectivity index (χ3n) is 1.90. The molecule has 0 N–H and O–H groups in total. The van der Waals surface area contributed by atoms with Gasteiger partial charge in [-0.15, -0.1) is 0 Å². The Balaban J connectivity index is 0.000000583. The molecule has 0 saturated carbocycles. The van der Waals surface area contributed by atoms with Crippen molar-refractivity contribution >= 4 is 6.15 Å². The molecule has 1 rings (SSSR count). The Morgan fingerprint density at radius 3 is 2.33 bits per heavy atom. The fourth-order valence-corrected chi connectivity index (χ4v) is 1.24. The zero-order valence-corrected chi connectivity index (χ0v) is 9.37. The van der Waals surface area contributed by atoms with Gasteiger partial charge < -0.3 is 4.74 Å². The zero-order valence-electron chi connectivity index (χ0n) is 9.37. The number of hydrogen-bond acceptors (Lipinski definition) is 3. The summed E-state index contributed by atoms with van der Waals surface area (Å²) in [5.74, 6) is 1.04. The van der Waals surface area contributed by atoms with Gasteiger partial charge in [-0.25, -0.2) is 0 Å². The number of hydrogen-bond donors (Lipinski definition) is 0. The summed E-state index contributed by atoms with van der Waals surface area (Å²) < 4.78 is 5.51. The number of aryl methyl sites for hydroxylation is 2. The second-order valence-corrected chi connectivity index (χ2v) is 2.98. The van der Waals surface area contributed by atoms with Crippen molar-refractivity contribution in [2.45, 2.75) is 27.2 Å². The summed E-state index contributed by atoms with van der Waals surface area (Å²) in [4.78, 5) is 16.2. The standard InChI is InChI=1S/C11H16O.CO2/c1-4-10-7-6-9(3)8-11(10)12-5-2;2-1-3/h6-8H,4-5H2,1-3H3;. The molecule has 82 valence electrons. The largest absolute Gasteiger partial charge is 0.494 e. The molecule has 0 aliphatic heterocycles. The molecule has 3 heteroatoms. The van der Waals surface area contributed by atoms with E-state index in [1.807, 2.05) is 6.92 Å². The Morgan fingerprint density at radius 2 is 1.87 bits per heavy atom. The molecule has 1 aromatic rings. The zero-order chi connectivity index (χ0) is 11.7. The molecule has 0 bridgehead atoms. The van der Waals surface area contributed by atoms with Crippen molar-refractivity contribution in [1.82, 2.24) is 0 Å². The highest BCUT2D eigenvalue weighted by atomic mass is 16.5. The second kappa shape index (κ2) is 7.77. The van der Waals surface area contributed by atoms with Crippen LogP contribution in [0.25, 0.3) is 0 Å². The minimum Gasteiger partial charge on any atom is -0.494 e. The quantitative estimate of drug-likeness (QED) is 0.766. The Labute approximate surface area is 90.1 Å². The third kappa shape index (κ3) is 4.99. The van der Waals surface area contributed by atoms with E-state index in [2.05, 4.69) is 32.0 Å². The van der Waals surface area contributed by atoms with Crippen LogP contribution in [0.3, 0.4) is 0 Å². The number of ether oxygens (including phenoxy) is 1. The van der Waals surface area contributed by atoms with Crippen LogP contribution in [0.2, 0.25) is 0 Å². The maximum Gasteiger partial charge on any atom is 0.373 e. The van der Waals surface area contributed by atoms with E-state index in [9.17, 15) is 0 Å². The van der Waals surface area contributed by atoms with Crippen LogP contribution < -0.4 is 4.74 Å². The minimum absolute atomic E-state index is 0.250. The van der Waals surface area contributed by atoms with Crippen LogP contribution in [0.5, 0.6) is 5.75 Å². The molecule has 3 nitrogen and oxygen atoms in total. The normalized spacial score (nSPS) is 8.47. The number of carbonyl (C=O) groups excluding carboxylic acids is 2. The van der Waals surface area contributed by atoms with Crippen LogP contribution in [-0.4, -0.2) is 12.8 Å². The van der Waals surface area contributed by atoms with Crippen LogP contribution in [0.15, 0.2) is 18.2 Å². The van der Waals surface area contributed by atoms with Crippen molar-refractivity contribution in [3.8, 4) is 5.75 Å². The maximum atomic E-state index is 8.12. The Hall–Kier alpha value is -1.60. The van der Waals surface area contributed by atoms with Gasteiger partial charge in [0.1, 0.15) is 5.75 Å². The number of rotatable bonds is 3. The summed E-state index contributed by atoms with van der Waals surface area (Å²) in [5, 5.41) is 0. The monoisotopic (exact) mass is 208 g/mol. The van der Waals surface area contributed by atoms with Crippen molar-refractivity contribution < 1.29 is 14.3 Å². The van der Waals surface area contributed by atoms with Gasteiger partial charge in [-0.3, -0.25) is 0 Å². The van der Waals surface area contributed by atoms with Crippen molar-refractivity contribution in [2.24, 2.45) is 0 Å². The molecule has 0 aliphatic carbocycles. The van der Waals surface area contributed by atoms with Crippen LogP contribution in [0, 0.1) is 6.92 Å². The van der Waals surface area contributed by atoms with E-state index in [1.165, 1.54) is 11.1 Å². The molecule has 0 saturated heterocycles. The molecule has 0 spiro atoms. The van der Waals surface area contributed by atoms with Crippen molar-refractivity contribution in [1.29, 1.82) is 0 Å². The van der Waals surface area contributed by atoms with Gasteiger partial charge in [0.15, 0.2) is 0 Å². The van der Waals surface area contributed by atoms with Gasteiger partial charge in [-0.05, 0) is 37.5 Å². The van der Waals surface area contributed by atoms with Crippen LogP contribution in [-0.2, 0) is 16.0 Å². The maximum absolute atomic E-state index is 8.12. The third-order valence-corrected chi connectivity index (χ3v) is 1.90. The summed E-state index contributed by atoms with van der Waals surface area (Å²) >= 11 is 0. The fraction of sp³-hybridized carbons (Fsp3) is 0.417. The lowest BCUT2D eigenvalue weighted by Crippen LogP contribution is -1.96. The van der Waals surface area contributed by atoms with Gasteiger partial charge in [0, 0.05) is 0 Å². The summed E-state index contributed by atoms with van der Waals surface area (Å²) in [5.41, 5.74) is 2.55. The SMILES string of the molecule is CCOc1cc(C)ccc1CC.O=C=O. The first-order valence-corrected chi connectivity index (χ1v) is 4.91. The van der Waals surface area contributed by atoms with Crippen molar-refractivity contribution in [3.05, 3.63) is 29.3 Å². The fourth-order valence-electron chi connectivity index (χ4n) is 1.24. The molecule has 15 heavy (non-hydrogen) atoms. The summed E-state index contributed by atoms with van der Waals surface area (Å²) in [6.07, 6.45) is 1.29. The molecule has 0 unspecified atom stereocenters. The Bertz CT molecular complexity index is 326. The van der Waals surface area contributed by atoms with Gasteiger partial charge in [0.05, 0.1) is 6.61 Å². The van der Waals surface area contributed by atoms with Gasteiger partial charge in [-0.2, -0.15) is 9.59 Å².